The van der Waals surface area contributed by atoms with Crippen molar-refractivity contribution in [2.24, 2.45) is 7.05 Å². The van der Waals surface area contributed by atoms with Gasteiger partial charge in [-0.1, -0.05) is 30.3 Å². The number of nitrogens with zero attached hydrogens (tertiary/aromatic N) is 4. The molecule has 0 atom stereocenters. The van der Waals surface area contributed by atoms with Crippen molar-refractivity contribution in [2.45, 2.75) is 12.6 Å². The molecule has 4 N–H and O–H groups in total. The predicted octanol–water partition coefficient (Wildman–Crippen LogP) is 4.02. The van der Waals surface area contributed by atoms with Crippen molar-refractivity contribution in [1.82, 2.24) is 19.4 Å². The summed E-state index contributed by atoms with van der Waals surface area (Å²) in [6.45, 7) is 4.03. The average molecular weight is 510 g/mol. The van der Waals surface area contributed by atoms with Gasteiger partial charge in [0.2, 0.25) is 5.95 Å². The molecule has 1 aromatic heterocycles. The number of hydrogen-bond acceptors (Lipinski definition) is 4. The first-order chi connectivity index (χ1) is 17.4. The molecule has 37 heavy (non-hydrogen) atoms. The molecule has 8 nitrogen and oxygen atoms in total. The van der Waals surface area contributed by atoms with Crippen LogP contribution >= 0.6 is 0 Å². The number of carbonyl (C=O) groups is 1. The Balaban J connectivity index is 0.00000320. The number of anilines is 1. The summed E-state index contributed by atoms with van der Waals surface area (Å²) in [6, 6.07) is 19.0. The van der Waals surface area contributed by atoms with Gasteiger partial charge in [-0.05, 0) is 53.1 Å². The second kappa shape index (κ2) is 11.0. The monoisotopic (exact) mass is 509 g/mol. The fourth-order valence-electron chi connectivity index (χ4n) is 4.89. The van der Waals surface area contributed by atoms with E-state index in [1.54, 1.807) is 35.9 Å². The number of piperazine rings is 1. The van der Waals surface area contributed by atoms with Gasteiger partial charge in [0.15, 0.2) is 0 Å². The number of fused-ring (bicyclic) bond motifs is 1. The Labute approximate surface area is 213 Å². The van der Waals surface area contributed by atoms with Gasteiger partial charge < -0.3 is 15.1 Å². The maximum Gasteiger partial charge on any atom is 0.411 e. The number of benzene rings is 3. The molecule has 5 rings (SSSR count). The molecule has 10 heteroatoms. The van der Waals surface area contributed by atoms with Gasteiger partial charge in [-0.15, -0.1) is 0 Å². The first kappa shape index (κ1) is 26.2. The third-order valence-electron chi connectivity index (χ3n) is 6.71. The summed E-state index contributed by atoms with van der Waals surface area (Å²) in [5, 5.41) is 11.3. The number of halogens is 2. The lowest BCUT2D eigenvalue weighted by atomic mass is 9.96. The fourth-order valence-corrected chi connectivity index (χ4v) is 4.89. The zero-order valence-corrected chi connectivity index (χ0v) is 20.4. The Morgan fingerprint density at radius 2 is 1.51 bits per heavy atom. The van der Waals surface area contributed by atoms with E-state index in [2.05, 4.69) is 20.1 Å². The second-order valence-corrected chi connectivity index (χ2v) is 9.07. The summed E-state index contributed by atoms with van der Waals surface area (Å²) in [7, 11) is 1.78. The molecule has 0 radical (unpaired) electrons. The van der Waals surface area contributed by atoms with E-state index in [1.807, 2.05) is 18.2 Å². The van der Waals surface area contributed by atoms with Crippen LogP contribution in [-0.4, -0.2) is 62.2 Å². The van der Waals surface area contributed by atoms with Crippen molar-refractivity contribution < 1.29 is 24.2 Å². The maximum absolute atomic E-state index is 13.6. The molecule has 0 bridgehead atoms. The highest BCUT2D eigenvalue weighted by atomic mass is 19.1. The maximum atomic E-state index is 13.6. The van der Waals surface area contributed by atoms with E-state index in [-0.39, 0.29) is 29.1 Å². The standard InChI is InChI=1S/C27H27F2N5O2.H2O/c1-32-24-11-2-18(16-23(24)30-26(32)31-27(35)36)17-33-12-14-34(15-13-33)25(19-3-7-21(28)8-4-19)20-5-9-22(29)10-6-20;/h2-11,16,25H,12-15,17H2,1H3,(H,30,31)(H,35,36);1H2. The summed E-state index contributed by atoms with van der Waals surface area (Å²) < 4.78 is 28.9. The zero-order valence-electron chi connectivity index (χ0n) is 20.4. The summed E-state index contributed by atoms with van der Waals surface area (Å²) in [4.78, 5) is 20.1. The molecular formula is C27H29F2N5O3. The van der Waals surface area contributed by atoms with Gasteiger partial charge in [-0.2, -0.15) is 0 Å². The van der Waals surface area contributed by atoms with E-state index in [0.717, 1.165) is 60.4 Å². The molecule has 1 saturated heterocycles. The van der Waals surface area contributed by atoms with Gasteiger partial charge in [0, 0.05) is 39.8 Å². The molecule has 194 valence electrons. The van der Waals surface area contributed by atoms with Gasteiger partial charge in [0.1, 0.15) is 11.6 Å². The van der Waals surface area contributed by atoms with Gasteiger partial charge in [0.25, 0.3) is 0 Å². The number of aryl methyl sites for hydroxylation is 1. The highest BCUT2D eigenvalue weighted by molar-refractivity contribution is 5.86. The summed E-state index contributed by atoms with van der Waals surface area (Å²) in [5.41, 5.74) is 4.65. The number of nitrogens with one attached hydrogen (secondary N) is 1. The Morgan fingerprint density at radius 1 is 0.946 bits per heavy atom. The van der Waals surface area contributed by atoms with Crippen LogP contribution in [0, 0.1) is 11.6 Å². The van der Waals surface area contributed by atoms with Crippen LogP contribution in [0.3, 0.4) is 0 Å². The van der Waals surface area contributed by atoms with Crippen LogP contribution in [0.4, 0.5) is 19.5 Å². The molecule has 2 heterocycles. The molecule has 1 fully saturated rings. The minimum Gasteiger partial charge on any atom is -0.465 e. The van der Waals surface area contributed by atoms with Gasteiger partial charge >= 0.3 is 6.09 Å². The quantitative estimate of drug-likeness (QED) is 0.409. The molecular weight excluding hydrogens is 480 g/mol. The number of aromatic nitrogens is 2. The number of rotatable bonds is 6. The van der Waals surface area contributed by atoms with E-state index in [4.69, 9.17) is 5.11 Å². The Bertz CT molecular complexity index is 1320. The van der Waals surface area contributed by atoms with Crippen LogP contribution in [0.5, 0.6) is 0 Å². The normalized spacial score (nSPS) is 14.6. The van der Waals surface area contributed by atoms with Crippen LogP contribution in [0.2, 0.25) is 0 Å². The Kier molecular flexibility index (Phi) is 7.82. The number of amides is 1. The van der Waals surface area contributed by atoms with Crippen molar-refractivity contribution in [3.63, 3.8) is 0 Å². The zero-order chi connectivity index (χ0) is 25.2. The molecule has 0 saturated carbocycles. The van der Waals surface area contributed by atoms with E-state index >= 15 is 0 Å². The van der Waals surface area contributed by atoms with Crippen LogP contribution in [0.15, 0.2) is 66.7 Å². The first-order valence-corrected chi connectivity index (χ1v) is 11.8. The van der Waals surface area contributed by atoms with Crippen LogP contribution in [0.25, 0.3) is 11.0 Å². The summed E-state index contributed by atoms with van der Waals surface area (Å²) in [5.74, 6) is -0.273. The van der Waals surface area contributed by atoms with Gasteiger partial charge in [-0.3, -0.25) is 15.1 Å². The molecule has 0 aliphatic carbocycles. The molecule has 1 amide bonds. The number of hydrogen-bond donors (Lipinski definition) is 2. The topological polar surface area (TPSA) is 105 Å². The third kappa shape index (κ3) is 5.77. The second-order valence-electron chi connectivity index (χ2n) is 9.07. The van der Waals surface area contributed by atoms with Crippen molar-refractivity contribution in [2.75, 3.05) is 31.5 Å². The molecule has 4 aromatic rings. The lowest BCUT2D eigenvalue weighted by molar-refractivity contribution is 0.105. The minimum atomic E-state index is -1.15. The third-order valence-corrected chi connectivity index (χ3v) is 6.71. The SMILES string of the molecule is Cn1c(NC(=O)O)nc2cc(CN3CCN(C(c4ccc(F)cc4)c4ccc(F)cc4)CC3)ccc21.O. The fraction of sp³-hybridized carbons (Fsp3) is 0.259. The van der Waals surface area contributed by atoms with E-state index in [9.17, 15) is 13.6 Å². The van der Waals surface area contributed by atoms with Crippen molar-refractivity contribution in [3.8, 4) is 0 Å². The summed E-state index contributed by atoms with van der Waals surface area (Å²) in [6.07, 6.45) is -1.15. The molecule has 1 aliphatic heterocycles. The number of imidazole rings is 1. The minimum absolute atomic E-state index is 0. The molecule has 3 aromatic carbocycles. The van der Waals surface area contributed by atoms with Crippen LogP contribution in [-0.2, 0) is 13.6 Å². The van der Waals surface area contributed by atoms with Gasteiger partial charge in [0.05, 0.1) is 17.1 Å². The average Bonchev–Trinajstić information content (AvgIpc) is 3.16. The largest absolute Gasteiger partial charge is 0.465 e. The smallest absolute Gasteiger partial charge is 0.411 e. The molecule has 1 aliphatic rings. The summed E-state index contributed by atoms with van der Waals surface area (Å²) >= 11 is 0. The van der Waals surface area contributed by atoms with Crippen molar-refractivity contribution in [3.05, 3.63) is 95.1 Å². The van der Waals surface area contributed by atoms with E-state index < -0.39 is 6.09 Å². The van der Waals surface area contributed by atoms with Gasteiger partial charge in [-0.25, -0.2) is 18.6 Å². The lowest BCUT2D eigenvalue weighted by Gasteiger charge is -2.40. The van der Waals surface area contributed by atoms with Crippen molar-refractivity contribution >= 4 is 23.1 Å². The van der Waals surface area contributed by atoms with Crippen LogP contribution in [0.1, 0.15) is 22.7 Å². The predicted molar refractivity (Wildman–Crippen MR) is 137 cm³/mol. The molecule has 0 spiro atoms. The molecule has 0 unspecified atom stereocenters. The Hall–Kier alpha value is -3.86. The highest BCUT2D eigenvalue weighted by Crippen LogP contribution is 2.30. The van der Waals surface area contributed by atoms with Crippen molar-refractivity contribution in [1.29, 1.82) is 0 Å². The van der Waals surface area contributed by atoms with E-state index in [1.165, 1.54) is 24.3 Å². The number of carboxylic acid groups (broad SMARTS) is 1. The lowest BCUT2D eigenvalue weighted by Crippen LogP contribution is -2.47. The highest BCUT2D eigenvalue weighted by Gasteiger charge is 2.27. The first-order valence-electron chi connectivity index (χ1n) is 11.8. The Morgan fingerprint density at radius 3 is 2.05 bits per heavy atom. The van der Waals surface area contributed by atoms with Crippen LogP contribution < -0.4 is 5.32 Å². The van der Waals surface area contributed by atoms with E-state index in [0.29, 0.717) is 0 Å².